The first kappa shape index (κ1) is 47.1. The van der Waals surface area contributed by atoms with Gasteiger partial charge >= 0.3 is 0 Å². The highest BCUT2D eigenvalue weighted by molar-refractivity contribution is 6.23. The summed E-state index contributed by atoms with van der Waals surface area (Å²) in [6.45, 7) is 5.48. The van der Waals surface area contributed by atoms with Crippen LogP contribution in [0, 0.1) is 17.3 Å². The van der Waals surface area contributed by atoms with Gasteiger partial charge in [0.05, 0.1) is 22.9 Å². The molecular weight excluding hydrogens is 917 g/mol. The number of para-hydroxylation sites is 1. The molecule has 3 aromatic carbocycles. The highest BCUT2D eigenvalue weighted by atomic mass is 16.5. The van der Waals surface area contributed by atoms with Gasteiger partial charge in [-0.3, -0.25) is 39.0 Å². The van der Waals surface area contributed by atoms with Crippen molar-refractivity contribution < 1.29 is 38.6 Å². The number of nitrogens with two attached hydrogens (primary N) is 3. The third-order valence-electron chi connectivity index (χ3n) is 16.7. The minimum absolute atomic E-state index is 0.00617. The highest BCUT2D eigenvalue weighted by Crippen LogP contribution is 2.43. The van der Waals surface area contributed by atoms with Crippen molar-refractivity contribution in [2.75, 3.05) is 62.2 Å². The predicted molar refractivity (Wildman–Crippen MR) is 268 cm³/mol. The van der Waals surface area contributed by atoms with Crippen LogP contribution in [-0.4, -0.2) is 137 Å². The molecule has 8 aliphatic rings. The fourth-order valence-electron chi connectivity index (χ4n) is 12.9. The number of piperidine rings is 2. The number of anilines is 2. The van der Waals surface area contributed by atoms with Crippen LogP contribution in [-0.2, 0) is 19.2 Å². The lowest BCUT2D eigenvalue weighted by Crippen LogP contribution is -2.74. The summed E-state index contributed by atoms with van der Waals surface area (Å²) in [5.74, 6) is -0.361. The number of nitrogens with one attached hydrogen (secondary N) is 1. The molecule has 8 N–H and O–H groups in total. The second-order valence-corrected chi connectivity index (χ2v) is 21.5. The average molecular weight is 981 g/mol. The number of hydrogen-bond donors (Lipinski definition) is 5. The molecule has 7 heterocycles. The van der Waals surface area contributed by atoms with Gasteiger partial charge in [0.25, 0.3) is 11.8 Å². The number of allylic oxidation sites excluding steroid dienone is 1. The number of phenolic OH excluding ortho intramolecular Hbond substituents is 1. The van der Waals surface area contributed by atoms with E-state index in [1.54, 1.807) is 36.4 Å². The van der Waals surface area contributed by atoms with Crippen LogP contribution in [0.25, 0.3) is 5.70 Å². The minimum atomic E-state index is -1.01. The zero-order valence-electron chi connectivity index (χ0n) is 40.5. The van der Waals surface area contributed by atoms with Gasteiger partial charge in [0.1, 0.15) is 23.4 Å². The lowest BCUT2D eigenvalue weighted by molar-refractivity contribution is -0.171. The Kier molecular flexibility index (Phi) is 12.3. The molecule has 0 aromatic heterocycles. The number of fused-ring (bicyclic) bond motifs is 3. The number of phenols is 1. The Hall–Kier alpha value is -7.24. The van der Waals surface area contributed by atoms with Crippen LogP contribution in [0.1, 0.15) is 96.9 Å². The summed E-state index contributed by atoms with van der Waals surface area (Å²) in [7, 11) is 0. The van der Waals surface area contributed by atoms with Crippen molar-refractivity contribution in [1.82, 2.24) is 24.9 Å². The molecule has 378 valence electrons. The Morgan fingerprint density at radius 1 is 0.736 bits per heavy atom. The lowest BCUT2D eigenvalue weighted by Gasteiger charge is -2.60. The van der Waals surface area contributed by atoms with Gasteiger partial charge in [0.15, 0.2) is 0 Å². The number of likely N-dealkylation sites (tertiary alicyclic amines) is 3. The van der Waals surface area contributed by atoms with Gasteiger partial charge < -0.3 is 51.5 Å². The molecule has 6 saturated heterocycles. The number of benzene rings is 3. The average Bonchev–Trinajstić information content (AvgIpc) is 3.76. The second kappa shape index (κ2) is 18.7. The van der Waals surface area contributed by atoms with Crippen molar-refractivity contribution in [3.63, 3.8) is 0 Å². The molecule has 72 heavy (non-hydrogen) atoms. The Morgan fingerprint density at radius 2 is 1.43 bits per heavy atom. The van der Waals surface area contributed by atoms with Crippen molar-refractivity contribution in [3.05, 3.63) is 101 Å². The molecule has 3 aromatic rings. The number of ether oxygens (including phenoxy) is 1. The number of carbonyl (C=O) groups is 6. The van der Waals surface area contributed by atoms with Crippen LogP contribution in [0.3, 0.4) is 0 Å². The molecular formula is C54H64N10O8. The van der Waals surface area contributed by atoms with Gasteiger partial charge in [0, 0.05) is 117 Å². The van der Waals surface area contributed by atoms with E-state index in [2.05, 4.69) is 38.2 Å². The van der Waals surface area contributed by atoms with Crippen LogP contribution in [0.15, 0.2) is 84.3 Å². The van der Waals surface area contributed by atoms with E-state index in [4.69, 9.17) is 21.9 Å². The largest absolute Gasteiger partial charge is 0.507 e. The van der Waals surface area contributed by atoms with Gasteiger partial charge in [-0.05, 0) is 112 Å². The van der Waals surface area contributed by atoms with E-state index >= 15 is 0 Å². The Balaban J connectivity index is 0.600. The quantitative estimate of drug-likeness (QED) is 0.137. The van der Waals surface area contributed by atoms with E-state index in [9.17, 15) is 33.9 Å². The van der Waals surface area contributed by atoms with E-state index in [0.717, 1.165) is 73.6 Å². The zero-order valence-corrected chi connectivity index (χ0v) is 40.5. The summed E-state index contributed by atoms with van der Waals surface area (Å²) in [4.78, 5) is 89.5. The molecule has 7 fully saturated rings. The van der Waals surface area contributed by atoms with E-state index in [-0.39, 0.29) is 76.9 Å². The van der Waals surface area contributed by atoms with Gasteiger partial charge in [0.2, 0.25) is 23.6 Å². The topological polar surface area (TPSA) is 241 Å². The third kappa shape index (κ3) is 8.82. The third-order valence-corrected chi connectivity index (χ3v) is 16.7. The SMILES string of the molecule is NC(N)=C(/C=C(\N)c1ccccc1O)N1CC2CCC(C1)N2c1cccc(O[C@H]2CC[C@@H](CC(=O)N3CC4(C3)CN(C(=O)C3CCN(c5ccc6c(c5)C(=O)N(C5CCC(=O)NC5=O)C6=O)CC3)C4)CC2)c1. The molecule has 18 nitrogen and oxygen atoms in total. The fraction of sp³-hybridized carbons (Fsp3) is 0.481. The lowest BCUT2D eigenvalue weighted by atomic mass is 9.71. The van der Waals surface area contributed by atoms with Crippen LogP contribution < -0.4 is 37.1 Å². The molecule has 7 aliphatic heterocycles. The van der Waals surface area contributed by atoms with E-state index < -0.39 is 29.7 Å². The molecule has 6 amide bonds. The molecule has 1 saturated carbocycles. The maximum atomic E-state index is 13.6. The molecule has 1 spiro atoms. The fourth-order valence-corrected chi connectivity index (χ4v) is 12.9. The Morgan fingerprint density at radius 3 is 2.12 bits per heavy atom. The standard InChI is InChI=1S/C54H64N10O8/c55-43(41-6-1-2-7-46(41)65)25-45(49(56)57)60-26-36-10-11-37(27-60)63(36)35-4-3-5-39(23-35)72-38-13-8-32(9-14-38)22-48(67)61-28-54(29-61)30-62(31-54)51(69)33-18-20-59(21-19-33)34-12-15-40-42(24-34)53(71)64(52(40)70)44-16-17-47(66)58-50(44)68/h1-7,12,15,23-25,32-33,36-38,44,65H,8-11,13-14,16-22,26-31,55-57H2,(H,58,66,68)/b43-25-/t32-,36?,37?,38+,44?. The summed E-state index contributed by atoms with van der Waals surface area (Å²) < 4.78 is 6.60. The smallest absolute Gasteiger partial charge is 0.262 e. The van der Waals surface area contributed by atoms with Crippen LogP contribution in [0.5, 0.6) is 11.5 Å². The Bertz CT molecular complexity index is 2750. The van der Waals surface area contributed by atoms with Gasteiger partial charge in [-0.1, -0.05) is 18.2 Å². The first-order valence-corrected chi connectivity index (χ1v) is 25.7. The maximum absolute atomic E-state index is 13.6. The Labute approximate surface area is 418 Å². The molecule has 11 rings (SSSR count). The van der Waals surface area contributed by atoms with E-state index in [1.807, 2.05) is 28.0 Å². The zero-order chi connectivity index (χ0) is 50.0. The van der Waals surface area contributed by atoms with E-state index in [1.165, 1.54) is 0 Å². The summed E-state index contributed by atoms with van der Waals surface area (Å²) in [6, 6.07) is 20.0. The maximum Gasteiger partial charge on any atom is 0.262 e. The number of amides is 6. The number of aromatic hydroxyl groups is 1. The van der Waals surface area contributed by atoms with Crippen LogP contribution in [0.4, 0.5) is 11.4 Å². The molecule has 3 atom stereocenters. The minimum Gasteiger partial charge on any atom is -0.507 e. The van der Waals surface area contributed by atoms with Crippen LogP contribution >= 0.6 is 0 Å². The van der Waals surface area contributed by atoms with Crippen molar-refractivity contribution >= 4 is 52.5 Å². The number of nitrogens with zero attached hydrogens (tertiary/aromatic N) is 6. The number of hydrogen-bond acceptors (Lipinski definition) is 14. The predicted octanol–water partition coefficient (Wildman–Crippen LogP) is 3.45. The number of carbonyl (C=O) groups excluding carboxylic acids is 6. The van der Waals surface area contributed by atoms with Gasteiger partial charge in [-0.2, -0.15) is 0 Å². The highest BCUT2D eigenvalue weighted by Gasteiger charge is 2.55. The summed E-state index contributed by atoms with van der Waals surface area (Å²) in [6.07, 6.45) is 9.69. The number of piperazine rings is 1. The van der Waals surface area contributed by atoms with Crippen molar-refractivity contribution in [3.8, 4) is 11.5 Å². The second-order valence-electron chi connectivity index (χ2n) is 21.5. The first-order chi connectivity index (χ1) is 34.7. The van der Waals surface area contributed by atoms with E-state index in [0.29, 0.717) is 81.4 Å². The van der Waals surface area contributed by atoms with Crippen molar-refractivity contribution in [2.24, 2.45) is 34.5 Å². The van der Waals surface area contributed by atoms with Crippen LogP contribution in [0.2, 0.25) is 0 Å². The molecule has 3 unspecified atom stereocenters. The summed E-state index contributed by atoms with van der Waals surface area (Å²) in [5.41, 5.74) is 22.9. The van der Waals surface area contributed by atoms with Gasteiger partial charge in [-0.15, -0.1) is 0 Å². The molecule has 18 heteroatoms. The van der Waals surface area contributed by atoms with Crippen molar-refractivity contribution in [2.45, 2.75) is 94.9 Å². The molecule has 2 bridgehead atoms. The van der Waals surface area contributed by atoms with Gasteiger partial charge in [-0.25, -0.2) is 0 Å². The monoisotopic (exact) mass is 980 g/mol. The number of imide groups is 2. The molecule has 0 radical (unpaired) electrons. The summed E-state index contributed by atoms with van der Waals surface area (Å²) in [5, 5.41) is 12.6. The summed E-state index contributed by atoms with van der Waals surface area (Å²) >= 11 is 0. The molecule has 1 aliphatic carbocycles. The normalized spacial score (nSPS) is 26.1. The number of rotatable bonds is 11. The first-order valence-electron chi connectivity index (χ1n) is 25.7. The van der Waals surface area contributed by atoms with Crippen molar-refractivity contribution in [1.29, 1.82) is 0 Å².